The third-order valence-electron chi connectivity index (χ3n) is 12.6. The minimum absolute atomic E-state index is 0.816. The summed E-state index contributed by atoms with van der Waals surface area (Å²) in [5.41, 5.74) is 10.3. The Bertz CT molecular complexity index is 3730. The summed E-state index contributed by atoms with van der Waals surface area (Å²) in [5.74, 6) is 1.66. The molecule has 1 aromatic heterocycles. The monoisotopic (exact) mass is 792 g/mol. The van der Waals surface area contributed by atoms with Crippen LogP contribution in [0.1, 0.15) is 0 Å². The minimum Gasteiger partial charge on any atom is -0.456 e. The summed E-state index contributed by atoms with van der Waals surface area (Å²) in [7, 11) is 0. The molecule has 0 amide bonds. The molecule has 0 atom stereocenters. The molecule has 1 aliphatic heterocycles. The quantitative estimate of drug-likeness (QED) is 0.168. The van der Waals surface area contributed by atoms with Crippen molar-refractivity contribution in [3.63, 3.8) is 0 Å². The Balaban J connectivity index is 1.02. The fraction of sp³-hybridized carbons (Fsp3) is 0. The molecular weight excluding hydrogens is 757 g/mol. The Labute approximate surface area is 357 Å². The average Bonchev–Trinajstić information content (AvgIpc) is 3.70. The largest absolute Gasteiger partial charge is 0.456 e. The highest BCUT2D eigenvalue weighted by Gasteiger charge is 2.28. The van der Waals surface area contributed by atoms with E-state index in [-0.39, 0.29) is 0 Å². The SMILES string of the molecule is c1ccc(N(c2cccc3ccccc23)c2ccc3c4c(cccc24)Oc2cc4c(cc2-3)oc2cc(N(c3ccccc3)c3cccc5ccccc35)c3ccccc3c24)cc1. The number of ether oxygens (including phenoxy) is 1. The first-order valence-electron chi connectivity index (χ1n) is 21.1. The van der Waals surface area contributed by atoms with Crippen LogP contribution in [0.2, 0.25) is 0 Å². The maximum absolute atomic E-state index is 6.99. The van der Waals surface area contributed by atoms with Crippen molar-refractivity contribution < 1.29 is 9.15 Å². The normalized spacial score (nSPS) is 12.0. The zero-order chi connectivity index (χ0) is 40.7. The molecule has 1 aliphatic rings. The number of rotatable bonds is 6. The molecule has 290 valence electrons. The van der Waals surface area contributed by atoms with E-state index in [0.29, 0.717) is 0 Å². The zero-order valence-corrected chi connectivity index (χ0v) is 33.5. The lowest BCUT2D eigenvalue weighted by Crippen LogP contribution is -2.11. The number of fused-ring (bicyclic) bond motifs is 9. The molecular formula is C58H36N2O2. The molecule has 0 unspecified atom stereocenters. The van der Waals surface area contributed by atoms with Crippen LogP contribution in [0, 0.1) is 0 Å². The van der Waals surface area contributed by atoms with Crippen LogP contribution in [0.5, 0.6) is 11.5 Å². The molecule has 4 heteroatoms. The van der Waals surface area contributed by atoms with Crippen LogP contribution >= 0.6 is 0 Å². The molecule has 2 heterocycles. The third kappa shape index (κ3) is 5.20. The molecule has 0 radical (unpaired) electrons. The van der Waals surface area contributed by atoms with Crippen molar-refractivity contribution in [2.75, 3.05) is 9.80 Å². The lowest BCUT2D eigenvalue weighted by Gasteiger charge is -2.30. The second-order valence-electron chi connectivity index (χ2n) is 16.0. The summed E-state index contributed by atoms with van der Waals surface area (Å²) >= 11 is 0. The molecule has 13 rings (SSSR count). The molecule has 11 aromatic carbocycles. The molecule has 12 aromatic rings. The molecule has 0 saturated carbocycles. The van der Waals surface area contributed by atoms with Gasteiger partial charge < -0.3 is 19.0 Å². The third-order valence-corrected chi connectivity index (χ3v) is 12.6. The van der Waals surface area contributed by atoms with Crippen molar-refractivity contribution in [1.82, 2.24) is 0 Å². The van der Waals surface area contributed by atoms with E-state index in [1.165, 1.54) is 21.5 Å². The van der Waals surface area contributed by atoms with E-state index < -0.39 is 0 Å². The second-order valence-corrected chi connectivity index (χ2v) is 16.0. The number of furan rings is 1. The van der Waals surface area contributed by atoms with Crippen LogP contribution in [0.3, 0.4) is 0 Å². The van der Waals surface area contributed by atoms with Gasteiger partial charge in [0.05, 0.1) is 22.7 Å². The van der Waals surface area contributed by atoms with Gasteiger partial charge in [0, 0.05) is 60.7 Å². The van der Waals surface area contributed by atoms with Gasteiger partial charge >= 0.3 is 0 Å². The first-order chi connectivity index (χ1) is 30.8. The van der Waals surface area contributed by atoms with Crippen LogP contribution in [0.25, 0.3) is 76.2 Å². The number of nitrogens with zero attached hydrogens (tertiary/aromatic N) is 2. The zero-order valence-electron chi connectivity index (χ0n) is 33.5. The highest BCUT2D eigenvalue weighted by atomic mass is 16.5. The van der Waals surface area contributed by atoms with Crippen molar-refractivity contribution >= 4 is 99.2 Å². The average molecular weight is 793 g/mol. The molecule has 0 spiro atoms. The van der Waals surface area contributed by atoms with Crippen molar-refractivity contribution in [2.45, 2.75) is 0 Å². The summed E-state index contributed by atoms with van der Waals surface area (Å²) < 4.78 is 13.9. The predicted molar refractivity (Wildman–Crippen MR) is 259 cm³/mol. The summed E-state index contributed by atoms with van der Waals surface area (Å²) in [4.78, 5) is 4.75. The van der Waals surface area contributed by atoms with Gasteiger partial charge in [-0.1, -0.05) is 152 Å². The minimum atomic E-state index is 0.816. The van der Waals surface area contributed by atoms with Crippen LogP contribution in [-0.2, 0) is 0 Å². The number of hydrogen-bond donors (Lipinski definition) is 0. The van der Waals surface area contributed by atoms with E-state index in [9.17, 15) is 0 Å². The number of hydrogen-bond acceptors (Lipinski definition) is 4. The van der Waals surface area contributed by atoms with Crippen LogP contribution < -0.4 is 14.5 Å². The molecule has 0 fully saturated rings. The van der Waals surface area contributed by atoms with Gasteiger partial charge in [-0.3, -0.25) is 0 Å². The first kappa shape index (κ1) is 34.5. The van der Waals surface area contributed by atoms with E-state index in [2.05, 4.69) is 228 Å². The summed E-state index contributed by atoms with van der Waals surface area (Å²) in [6.07, 6.45) is 0. The molecule has 62 heavy (non-hydrogen) atoms. The topological polar surface area (TPSA) is 28.9 Å². The predicted octanol–water partition coefficient (Wildman–Crippen LogP) is 16.9. The molecule has 0 aliphatic carbocycles. The van der Waals surface area contributed by atoms with E-state index in [1.807, 2.05) is 0 Å². The van der Waals surface area contributed by atoms with Crippen molar-refractivity contribution in [2.24, 2.45) is 0 Å². The maximum atomic E-state index is 6.99. The highest BCUT2D eigenvalue weighted by Crippen LogP contribution is 2.54. The Morgan fingerprint density at radius 2 is 0.823 bits per heavy atom. The number of anilines is 6. The van der Waals surface area contributed by atoms with E-state index >= 15 is 0 Å². The second kappa shape index (κ2) is 13.6. The molecule has 0 saturated heterocycles. The lowest BCUT2D eigenvalue weighted by atomic mass is 9.92. The van der Waals surface area contributed by atoms with Crippen molar-refractivity contribution in [1.29, 1.82) is 0 Å². The Morgan fingerprint density at radius 3 is 1.50 bits per heavy atom. The Kier molecular flexibility index (Phi) is 7.57. The molecule has 0 bridgehead atoms. The summed E-state index contributed by atoms with van der Waals surface area (Å²) in [6.45, 7) is 0. The van der Waals surface area contributed by atoms with Crippen molar-refractivity contribution in [3.8, 4) is 22.6 Å². The standard InChI is InChI=1S/C58H36N2O2/c1-3-20-39(21-4-1)59(49-29-13-18-37-16-7-9-24-41(37)49)51-33-32-45-47-34-55-48(35-54(47)61-53-31-15-28-46(51)57(45)53)58-44-27-12-11-26-43(44)52(36-56(58)62-55)60(40-22-5-2-6-23-40)50-30-14-19-38-17-8-10-25-42(38)50/h1-36H. The summed E-state index contributed by atoms with van der Waals surface area (Å²) in [5, 5.41) is 11.3. The van der Waals surface area contributed by atoms with Gasteiger partial charge in [0.25, 0.3) is 0 Å². The van der Waals surface area contributed by atoms with Gasteiger partial charge in [-0.2, -0.15) is 0 Å². The maximum Gasteiger partial charge on any atom is 0.138 e. The van der Waals surface area contributed by atoms with E-state index in [4.69, 9.17) is 9.15 Å². The van der Waals surface area contributed by atoms with Gasteiger partial charge in [-0.25, -0.2) is 0 Å². The fourth-order valence-electron chi connectivity index (χ4n) is 9.89. The summed E-state index contributed by atoms with van der Waals surface area (Å²) in [6, 6.07) is 77.7. The number of benzene rings is 11. The van der Waals surface area contributed by atoms with Crippen LogP contribution in [0.15, 0.2) is 223 Å². The van der Waals surface area contributed by atoms with Gasteiger partial charge in [0.15, 0.2) is 0 Å². The Morgan fingerprint density at radius 1 is 0.290 bits per heavy atom. The lowest BCUT2D eigenvalue weighted by molar-refractivity contribution is 0.487. The fourth-order valence-corrected chi connectivity index (χ4v) is 9.89. The first-order valence-corrected chi connectivity index (χ1v) is 21.1. The van der Waals surface area contributed by atoms with E-state index in [0.717, 1.165) is 100 Å². The Hall–Kier alpha value is -8.34. The van der Waals surface area contributed by atoms with Crippen LogP contribution in [-0.4, -0.2) is 0 Å². The molecule has 0 N–H and O–H groups in total. The van der Waals surface area contributed by atoms with Gasteiger partial charge in [-0.15, -0.1) is 0 Å². The number of para-hydroxylation sites is 2. The smallest absolute Gasteiger partial charge is 0.138 e. The van der Waals surface area contributed by atoms with Crippen LogP contribution in [0.4, 0.5) is 34.1 Å². The molecule has 4 nitrogen and oxygen atoms in total. The van der Waals surface area contributed by atoms with Gasteiger partial charge in [0.2, 0.25) is 0 Å². The van der Waals surface area contributed by atoms with Gasteiger partial charge in [-0.05, 0) is 82.4 Å². The van der Waals surface area contributed by atoms with E-state index in [1.54, 1.807) is 0 Å². The van der Waals surface area contributed by atoms with Gasteiger partial charge in [0.1, 0.15) is 22.7 Å². The highest BCUT2D eigenvalue weighted by molar-refractivity contribution is 6.24. The van der Waals surface area contributed by atoms with Crippen molar-refractivity contribution in [3.05, 3.63) is 218 Å².